The summed E-state index contributed by atoms with van der Waals surface area (Å²) in [6.45, 7) is 2.05. The molecule has 2 N–H and O–H groups in total. The number of rotatable bonds is 7. The molecule has 0 unspecified atom stereocenters. The van der Waals surface area contributed by atoms with Gasteiger partial charge in [0.05, 0.1) is 24.6 Å². The first-order chi connectivity index (χ1) is 11.6. The van der Waals surface area contributed by atoms with E-state index in [9.17, 15) is 9.59 Å². The highest BCUT2D eigenvalue weighted by atomic mass is 16.5. The van der Waals surface area contributed by atoms with Crippen molar-refractivity contribution < 1.29 is 14.3 Å². The van der Waals surface area contributed by atoms with Crippen LogP contribution >= 0.6 is 0 Å². The maximum atomic E-state index is 11.7. The first-order valence-electron chi connectivity index (χ1n) is 7.83. The van der Waals surface area contributed by atoms with Gasteiger partial charge in [0.1, 0.15) is 5.82 Å². The SMILES string of the molecule is CCCCC(=O)Nc1ccc(Nc2ccc(C(=O)OC)cc2)nc1. The van der Waals surface area contributed by atoms with Gasteiger partial charge >= 0.3 is 5.97 Å². The first kappa shape index (κ1) is 17.5. The molecule has 0 saturated carbocycles. The molecule has 0 spiro atoms. The fourth-order valence-corrected chi connectivity index (χ4v) is 2.06. The number of amides is 1. The predicted octanol–water partition coefficient (Wildman–Crippen LogP) is 3.74. The predicted molar refractivity (Wildman–Crippen MR) is 93.5 cm³/mol. The van der Waals surface area contributed by atoms with Gasteiger partial charge in [-0.15, -0.1) is 0 Å². The van der Waals surface area contributed by atoms with E-state index in [0.717, 1.165) is 18.5 Å². The highest BCUT2D eigenvalue weighted by molar-refractivity contribution is 5.91. The summed E-state index contributed by atoms with van der Waals surface area (Å²) in [7, 11) is 1.35. The fraction of sp³-hybridized carbons (Fsp3) is 0.278. The van der Waals surface area contributed by atoms with Crippen LogP contribution in [0.1, 0.15) is 36.5 Å². The number of pyridine rings is 1. The van der Waals surface area contributed by atoms with Gasteiger partial charge in [-0.25, -0.2) is 9.78 Å². The van der Waals surface area contributed by atoms with Gasteiger partial charge in [0, 0.05) is 12.1 Å². The highest BCUT2D eigenvalue weighted by Gasteiger charge is 2.05. The van der Waals surface area contributed by atoms with Crippen molar-refractivity contribution in [2.45, 2.75) is 26.2 Å². The van der Waals surface area contributed by atoms with Crippen molar-refractivity contribution in [1.29, 1.82) is 0 Å². The van der Waals surface area contributed by atoms with E-state index >= 15 is 0 Å². The lowest BCUT2D eigenvalue weighted by molar-refractivity contribution is -0.116. The fourth-order valence-electron chi connectivity index (χ4n) is 2.06. The molecule has 6 nitrogen and oxygen atoms in total. The van der Waals surface area contributed by atoms with Crippen molar-refractivity contribution in [3.63, 3.8) is 0 Å². The minimum Gasteiger partial charge on any atom is -0.465 e. The maximum Gasteiger partial charge on any atom is 0.337 e. The third kappa shape index (κ3) is 5.08. The molecule has 24 heavy (non-hydrogen) atoms. The normalized spacial score (nSPS) is 10.1. The molecule has 0 aliphatic rings. The highest BCUT2D eigenvalue weighted by Crippen LogP contribution is 2.17. The summed E-state index contributed by atoms with van der Waals surface area (Å²) in [5.74, 6) is 0.271. The summed E-state index contributed by atoms with van der Waals surface area (Å²) in [5, 5.41) is 5.94. The Balaban J connectivity index is 1.94. The Morgan fingerprint density at radius 2 is 1.79 bits per heavy atom. The molecule has 1 aromatic carbocycles. The monoisotopic (exact) mass is 327 g/mol. The van der Waals surface area contributed by atoms with Gasteiger partial charge in [-0.2, -0.15) is 0 Å². The number of hydrogen-bond donors (Lipinski definition) is 2. The lowest BCUT2D eigenvalue weighted by Gasteiger charge is -2.08. The summed E-state index contributed by atoms with van der Waals surface area (Å²) in [4.78, 5) is 27.3. The minimum atomic E-state index is -0.372. The molecule has 0 atom stereocenters. The lowest BCUT2D eigenvalue weighted by Crippen LogP contribution is -2.11. The van der Waals surface area contributed by atoms with Gasteiger partial charge in [0.15, 0.2) is 0 Å². The van der Waals surface area contributed by atoms with Crippen molar-refractivity contribution in [1.82, 2.24) is 4.98 Å². The summed E-state index contributed by atoms with van der Waals surface area (Å²) in [6, 6.07) is 10.5. The van der Waals surface area contributed by atoms with E-state index in [1.54, 1.807) is 42.6 Å². The molecular formula is C18H21N3O3. The second kappa shape index (κ2) is 8.67. The number of ether oxygens (including phenoxy) is 1. The first-order valence-corrected chi connectivity index (χ1v) is 7.83. The van der Waals surface area contributed by atoms with Crippen LogP contribution in [0.5, 0.6) is 0 Å². The standard InChI is InChI=1S/C18H21N3O3/c1-3-4-5-17(22)21-15-10-11-16(19-12-15)20-14-8-6-13(7-9-14)18(23)24-2/h6-12H,3-5H2,1-2H3,(H,19,20)(H,21,22). The molecule has 0 bridgehead atoms. The second-order valence-electron chi connectivity index (χ2n) is 5.28. The molecule has 126 valence electrons. The molecule has 1 amide bonds. The maximum absolute atomic E-state index is 11.7. The Labute approximate surface area is 141 Å². The molecule has 2 aromatic rings. The van der Waals surface area contributed by atoms with E-state index in [2.05, 4.69) is 20.4 Å². The van der Waals surface area contributed by atoms with Crippen LogP contribution in [0.2, 0.25) is 0 Å². The van der Waals surface area contributed by atoms with Crippen LogP contribution in [0, 0.1) is 0 Å². The van der Waals surface area contributed by atoms with E-state index < -0.39 is 0 Å². The van der Waals surface area contributed by atoms with Crippen LogP contribution in [-0.4, -0.2) is 24.0 Å². The van der Waals surface area contributed by atoms with E-state index in [4.69, 9.17) is 0 Å². The lowest BCUT2D eigenvalue weighted by atomic mass is 10.2. The third-order valence-corrected chi connectivity index (χ3v) is 3.38. The summed E-state index contributed by atoms with van der Waals surface area (Å²) in [6.07, 6.45) is 3.99. The molecule has 0 fully saturated rings. The van der Waals surface area contributed by atoms with E-state index in [1.165, 1.54) is 7.11 Å². The summed E-state index contributed by atoms with van der Waals surface area (Å²) in [5.41, 5.74) is 1.96. The number of hydrogen-bond acceptors (Lipinski definition) is 5. The zero-order valence-corrected chi connectivity index (χ0v) is 13.8. The number of anilines is 3. The van der Waals surface area contributed by atoms with Gasteiger partial charge < -0.3 is 15.4 Å². The number of carbonyl (C=O) groups excluding carboxylic acids is 2. The van der Waals surface area contributed by atoms with Crippen molar-refractivity contribution in [2.24, 2.45) is 0 Å². The molecule has 1 aromatic heterocycles. The number of aromatic nitrogens is 1. The number of methoxy groups -OCH3 is 1. The van der Waals surface area contributed by atoms with Crippen molar-refractivity contribution in [2.75, 3.05) is 17.7 Å². The van der Waals surface area contributed by atoms with Gasteiger partial charge in [-0.3, -0.25) is 4.79 Å². The van der Waals surface area contributed by atoms with Gasteiger partial charge in [0.2, 0.25) is 5.91 Å². The Kier molecular flexibility index (Phi) is 6.31. The van der Waals surface area contributed by atoms with Crippen LogP contribution in [0.15, 0.2) is 42.6 Å². The molecule has 6 heteroatoms. The smallest absolute Gasteiger partial charge is 0.337 e. The average molecular weight is 327 g/mol. The van der Waals surface area contributed by atoms with Crippen molar-refractivity contribution in [3.05, 3.63) is 48.2 Å². The number of unbranched alkanes of at least 4 members (excludes halogenated alkanes) is 1. The average Bonchev–Trinajstić information content (AvgIpc) is 2.61. The summed E-state index contributed by atoms with van der Waals surface area (Å²) < 4.78 is 4.66. The molecule has 0 aliphatic carbocycles. The Morgan fingerprint density at radius 3 is 2.38 bits per heavy atom. The summed E-state index contributed by atoms with van der Waals surface area (Å²) >= 11 is 0. The van der Waals surface area contributed by atoms with Crippen molar-refractivity contribution in [3.8, 4) is 0 Å². The van der Waals surface area contributed by atoms with E-state index in [-0.39, 0.29) is 11.9 Å². The van der Waals surface area contributed by atoms with Gasteiger partial charge in [-0.05, 0) is 42.8 Å². The molecular weight excluding hydrogens is 306 g/mol. The third-order valence-electron chi connectivity index (χ3n) is 3.38. The van der Waals surface area contributed by atoms with Crippen LogP contribution in [-0.2, 0) is 9.53 Å². The van der Waals surface area contributed by atoms with Crippen LogP contribution < -0.4 is 10.6 Å². The zero-order chi connectivity index (χ0) is 17.4. The molecule has 2 rings (SSSR count). The van der Waals surface area contributed by atoms with Crippen LogP contribution in [0.4, 0.5) is 17.2 Å². The topological polar surface area (TPSA) is 80.3 Å². The Hall–Kier alpha value is -2.89. The number of esters is 1. The number of benzene rings is 1. The Morgan fingerprint density at radius 1 is 1.08 bits per heavy atom. The largest absolute Gasteiger partial charge is 0.465 e. The number of nitrogens with zero attached hydrogens (tertiary/aromatic N) is 1. The van der Waals surface area contributed by atoms with Gasteiger partial charge in [-0.1, -0.05) is 13.3 Å². The molecule has 0 saturated heterocycles. The molecule has 1 heterocycles. The zero-order valence-electron chi connectivity index (χ0n) is 13.8. The van der Waals surface area contributed by atoms with E-state index in [0.29, 0.717) is 23.5 Å². The number of carbonyl (C=O) groups is 2. The van der Waals surface area contributed by atoms with Crippen LogP contribution in [0.3, 0.4) is 0 Å². The van der Waals surface area contributed by atoms with E-state index in [1.807, 2.05) is 6.92 Å². The molecule has 0 aliphatic heterocycles. The second-order valence-corrected chi connectivity index (χ2v) is 5.28. The number of nitrogens with one attached hydrogen (secondary N) is 2. The van der Waals surface area contributed by atoms with Crippen molar-refractivity contribution >= 4 is 29.1 Å². The quantitative estimate of drug-likeness (QED) is 0.757. The minimum absolute atomic E-state index is 0.00208. The van der Waals surface area contributed by atoms with Gasteiger partial charge in [0.25, 0.3) is 0 Å². The molecule has 0 radical (unpaired) electrons. The Bertz CT molecular complexity index is 682. The van der Waals surface area contributed by atoms with Crippen LogP contribution in [0.25, 0.3) is 0 Å².